The Hall–Kier alpha value is -2.27. The number of hydrogen-bond acceptors (Lipinski definition) is 4. The van der Waals surface area contributed by atoms with Crippen LogP contribution in [0, 0.1) is 0 Å². The van der Waals surface area contributed by atoms with Crippen LogP contribution in [-0.2, 0) is 0 Å². The van der Waals surface area contributed by atoms with E-state index in [0.717, 1.165) is 5.39 Å². The number of ketones is 1. The number of carbonyl (C=O) groups excluding carboxylic acids is 1. The van der Waals surface area contributed by atoms with E-state index in [4.69, 9.17) is 21.8 Å². The van der Waals surface area contributed by atoms with Gasteiger partial charge in [-0.15, -0.1) is 0 Å². The number of anilines is 1. The van der Waals surface area contributed by atoms with Crippen LogP contribution in [0.5, 0.6) is 0 Å². The topological polar surface area (TPSA) is 84.9 Å². The SMILES string of the molecule is Nc1[nH]ncc1C(=O)c1cc2cc(Cl)ccc2o1. The van der Waals surface area contributed by atoms with Gasteiger partial charge in [-0.3, -0.25) is 9.89 Å². The van der Waals surface area contributed by atoms with Crippen molar-refractivity contribution in [3.05, 3.63) is 46.8 Å². The summed E-state index contributed by atoms with van der Waals surface area (Å²) in [5.41, 5.74) is 6.49. The molecule has 3 N–H and O–H groups in total. The molecule has 90 valence electrons. The molecule has 0 spiro atoms. The highest BCUT2D eigenvalue weighted by Crippen LogP contribution is 2.25. The predicted molar refractivity (Wildman–Crippen MR) is 67.7 cm³/mol. The molecule has 0 unspecified atom stereocenters. The summed E-state index contributed by atoms with van der Waals surface area (Å²) in [6.45, 7) is 0. The van der Waals surface area contributed by atoms with Gasteiger partial charge in [-0.2, -0.15) is 5.10 Å². The Labute approximate surface area is 107 Å². The number of halogens is 1. The van der Waals surface area contributed by atoms with Crippen LogP contribution < -0.4 is 5.73 Å². The zero-order chi connectivity index (χ0) is 12.7. The maximum atomic E-state index is 12.1. The quantitative estimate of drug-likeness (QED) is 0.695. The molecule has 18 heavy (non-hydrogen) atoms. The van der Waals surface area contributed by atoms with Crippen LogP contribution in [-0.4, -0.2) is 16.0 Å². The van der Waals surface area contributed by atoms with Crippen LogP contribution in [0.2, 0.25) is 5.02 Å². The van der Waals surface area contributed by atoms with E-state index in [0.29, 0.717) is 16.2 Å². The highest BCUT2D eigenvalue weighted by Gasteiger charge is 2.18. The van der Waals surface area contributed by atoms with E-state index in [1.807, 2.05) is 0 Å². The molecule has 0 amide bonds. The van der Waals surface area contributed by atoms with Crippen molar-refractivity contribution in [1.29, 1.82) is 0 Å². The molecule has 0 saturated carbocycles. The molecule has 1 aromatic carbocycles. The maximum Gasteiger partial charge on any atom is 0.233 e. The Bertz CT molecular complexity index is 745. The standard InChI is InChI=1S/C12H8ClN3O2/c13-7-1-2-9-6(3-7)4-10(18-9)11(17)8-5-15-16-12(8)14/h1-5H,(H3,14,15,16). The van der Waals surface area contributed by atoms with Crippen molar-refractivity contribution in [1.82, 2.24) is 10.2 Å². The second kappa shape index (κ2) is 3.89. The molecule has 5 nitrogen and oxygen atoms in total. The number of nitrogens with one attached hydrogen (secondary N) is 1. The van der Waals surface area contributed by atoms with Crippen LogP contribution in [0.25, 0.3) is 11.0 Å². The van der Waals surface area contributed by atoms with Crippen molar-refractivity contribution in [2.45, 2.75) is 0 Å². The Morgan fingerprint density at radius 1 is 1.39 bits per heavy atom. The Kier molecular flexibility index (Phi) is 2.34. The lowest BCUT2D eigenvalue weighted by Gasteiger charge is -1.93. The molecule has 0 saturated heterocycles. The Balaban J connectivity index is 2.10. The minimum absolute atomic E-state index is 0.209. The molecule has 0 fully saturated rings. The average molecular weight is 262 g/mol. The molecule has 6 heteroatoms. The number of H-pyrrole nitrogens is 1. The number of benzene rings is 1. The number of hydrogen-bond donors (Lipinski definition) is 2. The number of aromatic nitrogens is 2. The average Bonchev–Trinajstić information content (AvgIpc) is 2.93. The summed E-state index contributed by atoms with van der Waals surface area (Å²) in [6, 6.07) is 6.78. The van der Waals surface area contributed by atoms with Crippen LogP contribution in [0.1, 0.15) is 16.1 Å². The first-order chi connectivity index (χ1) is 8.65. The second-order valence-corrected chi connectivity index (χ2v) is 4.26. The lowest BCUT2D eigenvalue weighted by atomic mass is 10.1. The van der Waals surface area contributed by atoms with Gasteiger partial charge in [-0.25, -0.2) is 0 Å². The number of carbonyl (C=O) groups is 1. The predicted octanol–water partition coefficient (Wildman–Crippen LogP) is 2.62. The summed E-state index contributed by atoms with van der Waals surface area (Å²) < 4.78 is 5.46. The molecule has 0 aliphatic carbocycles. The molecule has 2 heterocycles. The van der Waals surface area contributed by atoms with E-state index < -0.39 is 0 Å². The highest BCUT2D eigenvalue weighted by atomic mass is 35.5. The first-order valence-electron chi connectivity index (χ1n) is 5.18. The van der Waals surface area contributed by atoms with Gasteiger partial charge in [-0.05, 0) is 24.3 Å². The summed E-state index contributed by atoms with van der Waals surface area (Å²) >= 11 is 5.87. The summed E-state index contributed by atoms with van der Waals surface area (Å²) in [6.07, 6.45) is 1.37. The second-order valence-electron chi connectivity index (χ2n) is 3.82. The minimum Gasteiger partial charge on any atom is -0.453 e. The lowest BCUT2D eigenvalue weighted by Crippen LogP contribution is -2.01. The van der Waals surface area contributed by atoms with Gasteiger partial charge in [-0.1, -0.05) is 11.6 Å². The van der Waals surface area contributed by atoms with Gasteiger partial charge in [0.05, 0.1) is 11.8 Å². The van der Waals surface area contributed by atoms with E-state index in [-0.39, 0.29) is 17.4 Å². The fourth-order valence-electron chi connectivity index (χ4n) is 1.74. The third-order valence-electron chi connectivity index (χ3n) is 2.62. The van der Waals surface area contributed by atoms with E-state index in [2.05, 4.69) is 10.2 Å². The van der Waals surface area contributed by atoms with Gasteiger partial charge in [0.2, 0.25) is 5.78 Å². The number of fused-ring (bicyclic) bond motifs is 1. The summed E-state index contributed by atoms with van der Waals surface area (Å²) in [7, 11) is 0. The summed E-state index contributed by atoms with van der Waals surface area (Å²) in [5.74, 6) is 0.118. The molecule has 3 rings (SSSR count). The number of nitrogens with zero attached hydrogens (tertiary/aromatic N) is 1. The molecule has 0 aliphatic rings. The summed E-state index contributed by atoms with van der Waals surface area (Å²) in [5, 5.41) is 7.57. The van der Waals surface area contributed by atoms with Crippen molar-refractivity contribution in [3.63, 3.8) is 0 Å². The van der Waals surface area contributed by atoms with Gasteiger partial charge in [0.15, 0.2) is 5.76 Å². The van der Waals surface area contributed by atoms with Crippen LogP contribution in [0.3, 0.4) is 0 Å². The van der Waals surface area contributed by atoms with Crippen molar-refractivity contribution in [2.75, 3.05) is 5.73 Å². The highest BCUT2D eigenvalue weighted by molar-refractivity contribution is 6.31. The molecule has 2 aromatic heterocycles. The fraction of sp³-hybridized carbons (Fsp3) is 0. The molecular weight excluding hydrogens is 254 g/mol. The van der Waals surface area contributed by atoms with Crippen molar-refractivity contribution < 1.29 is 9.21 Å². The third kappa shape index (κ3) is 1.65. The van der Waals surface area contributed by atoms with Gasteiger partial charge >= 0.3 is 0 Å². The van der Waals surface area contributed by atoms with Gasteiger partial charge in [0, 0.05) is 10.4 Å². The zero-order valence-corrected chi connectivity index (χ0v) is 9.86. The van der Waals surface area contributed by atoms with E-state index >= 15 is 0 Å². The van der Waals surface area contributed by atoms with E-state index in [1.165, 1.54) is 6.20 Å². The first kappa shape index (κ1) is 10.9. The number of furan rings is 1. The number of rotatable bonds is 2. The first-order valence-corrected chi connectivity index (χ1v) is 5.55. The van der Waals surface area contributed by atoms with E-state index in [9.17, 15) is 4.79 Å². The molecule has 0 radical (unpaired) electrons. The third-order valence-corrected chi connectivity index (χ3v) is 2.85. The van der Waals surface area contributed by atoms with Gasteiger partial charge in [0.25, 0.3) is 0 Å². The number of nitrogens with two attached hydrogens (primary N) is 1. The number of nitrogen functional groups attached to an aromatic ring is 1. The van der Waals surface area contributed by atoms with Crippen molar-refractivity contribution in [3.8, 4) is 0 Å². The Morgan fingerprint density at radius 2 is 2.22 bits per heavy atom. The minimum atomic E-state index is -0.312. The van der Waals surface area contributed by atoms with Crippen molar-refractivity contribution >= 4 is 34.2 Å². The smallest absolute Gasteiger partial charge is 0.233 e. The van der Waals surface area contributed by atoms with Crippen LogP contribution in [0.4, 0.5) is 5.82 Å². The molecule has 0 atom stereocenters. The van der Waals surface area contributed by atoms with Crippen molar-refractivity contribution in [2.24, 2.45) is 0 Å². The molecule has 0 bridgehead atoms. The fourth-order valence-corrected chi connectivity index (χ4v) is 1.92. The van der Waals surface area contributed by atoms with Crippen LogP contribution >= 0.6 is 11.6 Å². The Morgan fingerprint density at radius 3 is 2.94 bits per heavy atom. The largest absolute Gasteiger partial charge is 0.453 e. The zero-order valence-electron chi connectivity index (χ0n) is 9.11. The maximum absolute atomic E-state index is 12.1. The van der Waals surface area contributed by atoms with Gasteiger partial charge in [0.1, 0.15) is 11.4 Å². The molecular formula is C12H8ClN3O2. The van der Waals surface area contributed by atoms with E-state index in [1.54, 1.807) is 24.3 Å². The molecule has 0 aliphatic heterocycles. The van der Waals surface area contributed by atoms with Crippen LogP contribution in [0.15, 0.2) is 34.9 Å². The molecule has 3 aromatic rings. The normalized spacial score (nSPS) is 10.9. The van der Waals surface area contributed by atoms with Gasteiger partial charge < -0.3 is 10.2 Å². The lowest BCUT2D eigenvalue weighted by molar-refractivity contribution is 0.101. The number of aromatic amines is 1. The summed E-state index contributed by atoms with van der Waals surface area (Å²) in [4.78, 5) is 12.1. The monoisotopic (exact) mass is 261 g/mol.